The highest BCUT2D eigenvalue weighted by molar-refractivity contribution is 7.90. The van der Waals surface area contributed by atoms with Crippen molar-refractivity contribution in [2.24, 2.45) is 0 Å². The number of benzene rings is 5. The number of methoxy groups -OCH3 is 2. The predicted octanol–water partition coefficient (Wildman–Crippen LogP) is 11.2. The van der Waals surface area contributed by atoms with Gasteiger partial charge in [-0.15, -0.1) is 0 Å². The molecule has 0 amide bonds. The Hall–Kier alpha value is -4.40. The summed E-state index contributed by atoms with van der Waals surface area (Å²) < 4.78 is 50.8. The smallest absolute Gasteiger partial charge is 0.175 e. The van der Waals surface area contributed by atoms with Gasteiger partial charge in [-0.25, -0.2) is 16.8 Å². The van der Waals surface area contributed by atoms with E-state index in [0.29, 0.717) is 10.3 Å². The van der Waals surface area contributed by atoms with Crippen LogP contribution in [-0.4, -0.2) is 49.8 Å². The SMILES string of the molecule is CC.CC.CC(C)(C)c1ccccc1.COc1ccccc1.COc1ccccc1.CS(=O)(=O)c1ccccc1.CS(C)(=O)=O.Cc1ccccc1. The summed E-state index contributed by atoms with van der Waals surface area (Å²) in [4.78, 5) is 0.370. The summed E-state index contributed by atoms with van der Waals surface area (Å²) in [7, 11) is -2.35. The summed E-state index contributed by atoms with van der Waals surface area (Å²) in [5.74, 6) is 1.82. The molecule has 0 radical (unpaired) electrons. The van der Waals surface area contributed by atoms with Crippen LogP contribution in [-0.2, 0) is 25.1 Å². The summed E-state index contributed by atoms with van der Waals surface area (Å²) >= 11 is 0. The second-order valence-corrected chi connectivity index (χ2v) is 15.8. The normalized spacial score (nSPS) is 9.56. The molecule has 0 aliphatic heterocycles. The number of sulfone groups is 2. The summed E-state index contributed by atoms with van der Waals surface area (Å²) in [6, 6.07) is 48.5. The minimum Gasteiger partial charge on any atom is -0.497 e. The summed E-state index contributed by atoms with van der Waals surface area (Å²) in [6.07, 6.45) is 3.52. The van der Waals surface area contributed by atoms with Crippen LogP contribution in [0.25, 0.3) is 0 Å². The van der Waals surface area contributed by atoms with Crippen molar-refractivity contribution in [1.29, 1.82) is 0 Å². The Kier molecular flexibility index (Phi) is 31.3. The fourth-order valence-electron chi connectivity index (χ4n) is 3.25. The molecule has 0 bridgehead atoms. The van der Waals surface area contributed by atoms with Gasteiger partial charge in [-0.2, -0.15) is 0 Å². The number of rotatable bonds is 3. The van der Waals surface area contributed by atoms with Gasteiger partial charge in [0.1, 0.15) is 21.3 Å². The first-order chi connectivity index (χ1) is 24.5. The largest absolute Gasteiger partial charge is 0.497 e. The summed E-state index contributed by atoms with van der Waals surface area (Å²) in [6.45, 7) is 16.8. The minimum atomic E-state index is -3.00. The highest BCUT2D eigenvalue weighted by Crippen LogP contribution is 2.20. The Morgan fingerprint density at radius 2 is 0.692 bits per heavy atom. The van der Waals surface area contributed by atoms with Crippen molar-refractivity contribution in [1.82, 2.24) is 0 Å². The third kappa shape index (κ3) is 34.1. The van der Waals surface area contributed by atoms with Gasteiger partial charge in [-0.05, 0) is 54.3 Å². The van der Waals surface area contributed by atoms with Crippen LogP contribution in [0, 0.1) is 6.92 Å². The molecule has 5 rings (SSSR count). The predicted molar refractivity (Wildman–Crippen MR) is 225 cm³/mol. The van der Waals surface area contributed by atoms with Crippen LogP contribution in [0.5, 0.6) is 11.5 Å². The average molecular weight is 753 g/mol. The van der Waals surface area contributed by atoms with Crippen LogP contribution in [0.1, 0.15) is 59.6 Å². The van der Waals surface area contributed by atoms with Crippen molar-refractivity contribution < 1.29 is 26.3 Å². The molecule has 0 saturated heterocycles. The van der Waals surface area contributed by atoms with Crippen molar-refractivity contribution in [3.05, 3.63) is 163 Å². The minimum absolute atomic E-state index is 0.293. The fraction of sp³-hybridized carbons (Fsp3) is 0.318. The molecular formula is C44H64O6S2. The van der Waals surface area contributed by atoms with Crippen LogP contribution < -0.4 is 9.47 Å². The monoisotopic (exact) mass is 752 g/mol. The third-order valence-corrected chi connectivity index (χ3v) is 6.84. The van der Waals surface area contributed by atoms with E-state index in [1.54, 1.807) is 44.6 Å². The Labute approximate surface area is 317 Å². The second-order valence-electron chi connectivity index (χ2n) is 11.5. The molecule has 6 nitrogen and oxygen atoms in total. The van der Waals surface area contributed by atoms with Gasteiger partial charge in [0.15, 0.2) is 9.84 Å². The first-order valence-electron chi connectivity index (χ1n) is 17.1. The van der Waals surface area contributed by atoms with Gasteiger partial charge >= 0.3 is 0 Å². The molecule has 52 heavy (non-hydrogen) atoms. The quantitative estimate of drug-likeness (QED) is 0.182. The van der Waals surface area contributed by atoms with E-state index in [2.05, 4.69) is 70.2 Å². The molecule has 0 aliphatic carbocycles. The van der Waals surface area contributed by atoms with Crippen LogP contribution in [0.15, 0.2) is 157 Å². The molecule has 0 heterocycles. The zero-order valence-corrected chi connectivity index (χ0v) is 35.3. The van der Waals surface area contributed by atoms with E-state index in [9.17, 15) is 16.8 Å². The van der Waals surface area contributed by atoms with E-state index in [1.807, 2.05) is 107 Å². The van der Waals surface area contributed by atoms with Crippen LogP contribution >= 0.6 is 0 Å². The summed E-state index contributed by atoms with van der Waals surface area (Å²) in [5.41, 5.74) is 3.01. The van der Waals surface area contributed by atoms with Gasteiger partial charge < -0.3 is 9.47 Å². The van der Waals surface area contributed by atoms with Gasteiger partial charge in [0.05, 0.1) is 19.1 Å². The maximum absolute atomic E-state index is 10.8. The zero-order chi connectivity index (χ0) is 40.5. The van der Waals surface area contributed by atoms with E-state index < -0.39 is 19.7 Å². The van der Waals surface area contributed by atoms with Gasteiger partial charge in [-0.1, -0.05) is 169 Å². The maximum Gasteiger partial charge on any atom is 0.175 e. The zero-order valence-electron chi connectivity index (χ0n) is 33.7. The van der Waals surface area contributed by atoms with E-state index in [4.69, 9.17) is 9.47 Å². The van der Waals surface area contributed by atoms with Gasteiger partial charge in [-0.3, -0.25) is 0 Å². The highest BCUT2D eigenvalue weighted by Gasteiger charge is 2.11. The van der Waals surface area contributed by atoms with Crippen LogP contribution in [0.4, 0.5) is 0 Å². The Balaban J connectivity index is -0.000000549. The molecule has 0 atom stereocenters. The number of ether oxygens (including phenoxy) is 2. The lowest BCUT2D eigenvalue weighted by atomic mass is 9.87. The molecule has 0 aliphatic rings. The molecule has 0 unspecified atom stereocenters. The maximum atomic E-state index is 10.8. The molecule has 5 aromatic carbocycles. The number of hydrogen-bond acceptors (Lipinski definition) is 6. The van der Waals surface area contributed by atoms with Gasteiger partial charge in [0.2, 0.25) is 0 Å². The molecule has 5 aromatic rings. The van der Waals surface area contributed by atoms with Crippen LogP contribution in [0.3, 0.4) is 0 Å². The van der Waals surface area contributed by atoms with Crippen molar-refractivity contribution in [3.8, 4) is 11.5 Å². The van der Waals surface area contributed by atoms with E-state index in [1.165, 1.54) is 17.4 Å². The molecule has 0 saturated carbocycles. The second kappa shape index (κ2) is 31.3. The lowest BCUT2D eigenvalue weighted by molar-refractivity contribution is 0.414. The number of hydrogen-bond donors (Lipinski definition) is 0. The Bertz CT molecular complexity index is 1640. The first-order valence-corrected chi connectivity index (χ1v) is 21.3. The standard InChI is InChI=1S/C10H14.C7H8O2S.2C7H8O.C7H8.C2H6O2S.2C2H6/c1-10(2,3)9-7-5-4-6-8-9;1-10(8,9)7-5-3-2-4-6-7;2*1-8-7-5-3-2-4-6-7;1-7-5-3-2-4-6-7;1-5(2,3)4;2*1-2/h4-8H,1-3H3;2-6H,1H3;2*2-6H,1H3;2-6H,1H3;1-2H3;2*1-2H3. The lowest BCUT2D eigenvalue weighted by Crippen LogP contribution is -2.10. The Morgan fingerprint density at radius 1 is 0.442 bits per heavy atom. The highest BCUT2D eigenvalue weighted by atomic mass is 32.2. The third-order valence-electron chi connectivity index (χ3n) is 5.71. The van der Waals surface area contributed by atoms with E-state index in [0.717, 1.165) is 24.0 Å². The first kappa shape index (κ1) is 52.0. The fourth-order valence-corrected chi connectivity index (χ4v) is 3.90. The lowest BCUT2D eigenvalue weighted by Gasteiger charge is -2.18. The topological polar surface area (TPSA) is 86.7 Å². The van der Waals surface area contributed by atoms with Gasteiger partial charge in [0.25, 0.3) is 0 Å². The average Bonchev–Trinajstić information content (AvgIpc) is 3.15. The van der Waals surface area contributed by atoms with Gasteiger partial charge in [0, 0.05) is 18.8 Å². The van der Waals surface area contributed by atoms with E-state index >= 15 is 0 Å². The van der Waals surface area contributed by atoms with Crippen molar-refractivity contribution in [2.45, 2.75) is 65.7 Å². The number of para-hydroxylation sites is 2. The molecule has 0 fully saturated rings. The summed E-state index contributed by atoms with van der Waals surface area (Å²) in [5, 5.41) is 0. The Morgan fingerprint density at radius 3 is 0.846 bits per heavy atom. The van der Waals surface area contributed by atoms with Crippen molar-refractivity contribution in [2.75, 3.05) is 33.0 Å². The molecule has 0 N–H and O–H groups in total. The van der Waals surface area contributed by atoms with Crippen molar-refractivity contribution in [3.63, 3.8) is 0 Å². The van der Waals surface area contributed by atoms with E-state index in [-0.39, 0.29) is 0 Å². The van der Waals surface area contributed by atoms with Crippen molar-refractivity contribution >= 4 is 19.7 Å². The van der Waals surface area contributed by atoms with Crippen LogP contribution in [0.2, 0.25) is 0 Å². The molecular weight excluding hydrogens is 689 g/mol. The number of aryl methyl sites for hydroxylation is 1. The molecule has 8 heteroatoms. The molecule has 288 valence electrons. The molecule has 0 spiro atoms. The molecule has 0 aromatic heterocycles.